The number of unbranched alkanes of at least 4 members (excludes halogenated alkanes) is 5. The minimum atomic E-state index is -1.09. The van der Waals surface area contributed by atoms with E-state index in [9.17, 15) is 9.59 Å². The standard InChI is InChI=1S/C11H16O4/c12-10(13)8-6-4-2-1-3-5-7-9-11(14)15/h1-6,8H2,(H,12,13)(H,14,15). The van der Waals surface area contributed by atoms with Gasteiger partial charge in [-0.15, -0.1) is 0 Å². The predicted molar refractivity (Wildman–Crippen MR) is 55.4 cm³/mol. The molecule has 4 nitrogen and oxygen atoms in total. The third-order valence-corrected chi connectivity index (χ3v) is 1.89. The van der Waals surface area contributed by atoms with Crippen LogP contribution in [0.15, 0.2) is 0 Å². The second-order valence-corrected chi connectivity index (χ2v) is 3.27. The lowest BCUT2D eigenvalue weighted by Crippen LogP contribution is -1.93. The maximum absolute atomic E-state index is 10.2. The van der Waals surface area contributed by atoms with Gasteiger partial charge in [-0.1, -0.05) is 25.2 Å². The van der Waals surface area contributed by atoms with Gasteiger partial charge < -0.3 is 10.2 Å². The van der Waals surface area contributed by atoms with Crippen molar-refractivity contribution in [2.45, 2.75) is 44.9 Å². The molecule has 0 aliphatic carbocycles. The first-order chi connectivity index (χ1) is 7.13. The zero-order chi connectivity index (χ0) is 11.5. The Balaban J connectivity index is 3.16. The summed E-state index contributed by atoms with van der Waals surface area (Å²) >= 11 is 0. The second kappa shape index (κ2) is 9.07. The number of carboxylic acids is 2. The lowest BCUT2D eigenvalue weighted by Gasteiger charge is -1.97. The molecular weight excluding hydrogens is 196 g/mol. The summed E-state index contributed by atoms with van der Waals surface area (Å²) in [6, 6.07) is 0. The average Bonchev–Trinajstić information content (AvgIpc) is 2.14. The Labute approximate surface area is 89.3 Å². The summed E-state index contributed by atoms with van der Waals surface area (Å²) in [7, 11) is 0. The molecule has 0 aromatic heterocycles. The van der Waals surface area contributed by atoms with Crippen molar-refractivity contribution in [1.82, 2.24) is 0 Å². The maximum Gasteiger partial charge on any atom is 0.381 e. The molecule has 0 aromatic carbocycles. The summed E-state index contributed by atoms with van der Waals surface area (Å²) in [5, 5.41) is 16.6. The largest absolute Gasteiger partial charge is 0.481 e. The molecule has 0 saturated heterocycles. The molecule has 0 aliphatic heterocycles. The zero-order valence-electron chi connectivity index (χ0n) is 8.66. The van der Waals surface area contributed by atoms with E-state index in [1.54, 1.807) is 0 Å². The normalized spacial score (nSPS) is 9.07. The predicted octanol–water partition coefficient (Wildman–Crippen LogP) is 1.89. The molecule has 0 atom stereocenters. The Morgan fingerprint density at radius 1 is 0.933 bits per heavy atom. The van der Waals surface area contributed by atoms with Crippen molar-refractivity contribution in [2.75, 3.05) is 0 Å². The molecule has 84 valence electrons. The van der Waals surface area contributed by atoms with Crippen LogP contribution < -0.4 is 0 Å². The Hall–Kier alpha value is -1.50. The Morgan fingerprint density at radius 3 is 2.13 bits per heavy atom. The van der Waals surface area contributed by atoms with Gasteiger partial charge in [0.25, 0.3) is 0 Å². The van der Waals surface area contributed by atoms with Gasteiger partial charge in [-0.2, -0.15) is 0 Å². The third kappa shape index (κ3) is 12.5. The number of carboxylic acid groups (broad SMARTS) is 2. The van der Waals surface area contributed by atoms with Crippen LogP contribution in [0, 0.1) is 11.8 Å². The van der Waals surface area contributed by atoms with E-state index in [2.05, 4.69) is 11.8 Å². The van der Waals surface area contributed by atoms with Gasteiger partial charge in [0.1, 0.15) is 0 Å². The van der Waals surface area contributed by atoms with Gasteiger partial charge in [0.05, 0.1) is 0 Å². The number of aliphatic carboxylic acids is 2. The first-order valence-electron chi connectivity index (χ1n) is 5.06. The van der Waals surface area contributed by atoms with Gasteiger partial charge in [0.15, 0.2) is 0 Å². The van der Waals surface area contributed by atoms with E-state index in [-0.39, 0.29) is 6.42 Å². The number of hydrogen-bond donors (Lipinski definition) is 2. The van der Waals surface area contributed by atoms with E-state index in [4.69, 9.17) is 10.2 Å². The maximum atomic E-state index is 10.2. The highest BCUT2D eigenvalue weighted by atomic mass is 16.4. The number of hydrogen-bond acceptors (Lipinski definition) is 2. The first kappa shape index (κ1) is 13.5. The van der Waals surface area contributed by atoms with Gasteiger partial charge in [-0.05, 0) is 12.8 Å². The van der Waals surface area contributed by atoms with Crippen LogP contribution in [0.5, 0.6) is 0 Å². The van der Waals surface area contributed by atoms with Crippen molar-refractivity contribution in [3.05, 3.63) is 0 Å². The monoisotopic (exact) mass is 212 g/mol. The van der Waals surface area contributed by atoms with Gasteiger partial charge in [-0.3, -0.25) is 4.79 Å². The highest BCUT2D eigenvalue weighted by molar-refractivity contribution is 5.86. The van der Waals surface area contributed by atoms with Gasteiger partial charge >= 0.3 is 11.9 Å². The fraction of sp³-hybridized carbons (Fsp3) is 0.636. The van der Waals surface area contributed by atoms with Crippen LogP contribution in [0.1, 0.15) is 44.9 Å². The van der Waals surface area contributed by atoms with Crippen LogP contribution in [0.3, 0.4) is 0 Å². The summed E-state index contributed by atoms with van der Waals surface area (Å²) in [4.78, 5) is 20.2. The highest BCUT2D eigenvalue weighted by Crippen LogP contribution is 2.06. The van der Waals surface area contributed by atoms with E-state index in [1.807, 2.05) is 0 Å². The topological polar surface area (TPSA) is 74.6 Å². The van der Waals surface area contributed by atoms with Crippen LogP contribution in [-0.4, -0.2) is 22.2 Å². The van der Waals surface area contributed by atoms with Crippen LogP contribution in [0.4, 0.5) is 0 Å². The zero-order valence-corrected chi connectivity index (χ0v) is 8.66. The number of rotatable bonds is 7. The fourth-order valence-corrected chi connectivity index (χ4v) is 1.16. The summed E-state index contributed by atoms with van der Waals surface area (Å²) in [6.45, 7) is 0. The fourth-order valence-electron chi connectivity index (χ4n) is 1.16. The van der Waals surface area contributed by atoms with E-state index in [0.29, 0.717) is 6.42 Å². The van der Waals surface area contributed by atoms with Crippen LogP contribution in [-0.2, 0) is 9.59 Å². The van der Waals surface area contributed by atoms with E-state index < -0.39 is 11.9 Å². The summed E-state index contributed by atoms with van der Waals surface area (Å²) in [5.74, 6) is 2.77. The van der Waals surface area contributed by atoms with Crippen molar-refractivity contribution < 1.29 is 19.8 Å². The van der Waals surface area contributed by atoms with E-state index in [0.717, 1.165) is 32.1 Å². The first-order valence-corrected chi connectivity index (χ1v) is 5.06. The average molecular weight is 212 g/mol. The lowest BCUT2D eigenvalue weighted by atomic mass is 10.1. The second-order valence-electron chi connectivity index (χ2n) is 3.27. The molecule has 0 aromatic rings. The van der Waals surface area contributed by atoms with Gasteiger partial charge in [0, 0.05) is 18.8 Å². The molecule has 0 bridgehead atoms. The molecule has 0 unspecified atom stereocenters. The molecule has 15 heavy (non-hydrogen) atoms. The minimum absolute atomic E-state index is 0.235. The molecule has 4 heteroatoms. The molecule has 0 fully saturated rings. The lowest BCUT2D eigenvalue weighted by molar-refractivity contribution is -0.137. The van der Waals surface area contributed by atoms with Crippen molar-refractivity contribution in [3.8, 4) is 11.8 Å². The van der Waals surface area contributed by atoms with Crippen LogP contribution in [0.2, 0.25) is 0 Å². The quantitative estimate of drug-likeness (QED) is 0.499. The van der Waals surface area contributed by atoms with Crippen molar-refractivity contribution >= 4 is 11.9 Å². The Bertz CT molecular complexity index is 259. The summed E-state index contributed by atoms with van der Waals surface area (Å²) in [5.41, 5.74) is 0. The van der Waals surface area contributed by atoms with Crippen molar-refractivity contribution in [2.24, 2.45) is 0 Å². The van der Waals surface area contributed by atoms with Crippen LogP contribution >= 0.6 is 0 Å². The highest BCUT2D eigenvalue weighted by Gasteiger charge is 1.95. The molecule has 0 saturated carbocycles. The number of carbonyl (C=O) groups is 2. The molecule has 0 heterocycles. The van der Waals surface area contributed by atoms with Crippen molar-refractivity contribution in [1.29, 1.82) is 0 Å². The Kier molecular flexibility index (Phi) is 8.16. The third-order valence-electron chi connectivity index (χ3n) is 1.89. The SMILES string of the molecule is O=C(O)C#CCCCCCCCC(=O)O. The van der Waals surface area contributed by atoms with Crippen LogP contribution in [0.25, 0.3) is 0 Å². The molecule has 0 radical (unpaired) electrons. The van der Waals surface area contributed by atoms with E-state index in [1.165, 1.54) is 0 Å². The minimum Gasteiger partial charge on any atom is -0.481 e. The summed E-state index contributed by atoms with van der Waals surface area (Å²) < 4.78 is 0. The smallest absolute Gasteiger partial charge is 0.381 e. The van der Waals surface area contributed by atoms with E-state index >= 15 is 0 Å². The Morgan fingerprint density at radius 2 is 1.53 bits per heavy atom. The van der Waals surface area contributed by atoms with Gasteiger partial charge in [0.2, 0.25) is 0 Å². The molecule has 0 rings (SSSR count). The van der Waals surface area contributed by atoms with Crippen molar-refractivity contribution in [3.63, 3.8) is 0 Å². The molecule has 2 N–H and O–H groups in total. The molecule has 0 aliphatic rings. The molecule has 0 spiro atoms. The molecular formula is C11H16O4. The summed E-state index contributed by atoms with van der Waals surface area (Å²) in [6.07, 6.45) is 5.32. The van der Waals surface area contributed by atoms with Gasteiger partial charge in [-0.25, -0.2) is 4.79 Å². The molecule has 0 amide bonds.